The zero-order chi connectivity index (χ0) is 10.3. The normalized spacial score (nSPS) is 15.7. The van der Waals surface area contributed by atoms with Gasteiger partial charge in [0, 0.05) is 5.02 Å². The van der Waals surface area contributed by atoms with Gasteiger partial charge in [-0.15, -0.1) is 0 Å². The van der Waals surface area contributed by atoms with Gasteiger partial charge in [0.25, 0.3) is 0 Å². The minimum absolute atomic E-state index is 0.179. The quantitative estimate of drug-likeness (QED) is 0.623. The number of aryl methyl sites for hydroxylation is 1. The van der Waals surface area contributed by atoms with Crippen LogP contribution >= 0.6 is 11.6 Å². The van der Waals surface area contributed by atoms with Crippen molar-refractivity contribution in [3.8, 4) is 0 Å². The highest BCUT2D eigenvalue weighted by Gasteiger charge is 2.35. The first-order valence-electron chi connectivity index (χ1n) is 4.37. The van der Waals surface area contributed by atoms with Gasteiger partial charge < -0.3 is 0 Å². The topological polar surface area (TPSA) is 0 Å². The lowest BCUT2D eigenvalue weighted by Gasteiger charge is -2.12. The summed E-state index contributed by atoms with van der Waals surface area (Å²) in [6, 6.07) is 2.66. The van der Waals surface area contributed by atoms with Crippen LogP contribution in [0.15, 0.2) is 12.1 Å². The van der Waals surface area contributed by atoms with Gasteiger partial charge in [-0.25, -0.2) is 0 Å². The van der Waals surface area contributed by atoms with E-state index >= 15 is 0 Å². The van der Waals surface area contributed by atoms with E-state index in [4.69, 9.17) is 11.6 Å². The molecule has 0 unspecified atom stereocenters. The molecular formula is C10H8ClF3. The zero-order valence-electron chi connectivity index (χ0n) is 7.29. The Hall–Kier alpha value is -0.700. The van der Waals surface area contributed by atoms with E-state index in [9.17, 15) is 13.2 Å². The number of alkyl halides is 3. The van der Waals surface area contributed by atoms with Crippen molar-refractivity contribution < 1.29 is 13.2 Å². The molecule has 1 aliphatic carbocycles. The number of hydrogen-bond donors (Lipinski definition) is 0. The molecule has 76 valence electrons. The molecule has 0 atom stereocenters. The molecule has 0 nitrogen and oxygen atoms in total. The van der Waals surface area contributed by atoms with Crippen LogP contribution in [0.1, 0.15) is 23.1 Å². The molecule has 0 aliphatic heterocycles. The molecule has 14 heavy (non-hydrogen) atoms. The molecule has 0 spiro atoms. The molecule has 1 aromatic carbocycles. The van der Waals surface area contributed by atoms with Crippen LogP contribution in [0.2, 0.25) is 5.02 Å². The second-order valence-corrected chi connectivity index (χ2v) is 3.88. The van der Waals surface area contributed by atoms with Crippen molar-refractivity contribution in [3.05, 3.63) is 33.8 Å². The largest absolute Gasteiger partial charge is 0.416 e. The summed E-state index contributed by atoms with van der Waals surface area (Å²) in [5.74, 6) is 0. The molecule has 1 aliphatic rings. The fraction of sp³-hybridized carbons (Fsp3) is 0.400. The third-order valence-electron chi connectivity index (χ3n) is 2.49. The van der Waals surface area contributed by atoms with E-state index in [1.165, 1.54) is 0 Å². The molecule has 0 aromatic heterocycles. The van der Waals surface area contributed by atoms with Crippen LogP contribution in [0.5, 0.6) is 0 Å². The minimum atomic E-state index is -4.28. The van der Waals surface area contributed by atoms with Crippen LogP contribution in [-0.4, -0.2) is 0 Å². The van der Waals surface area contributed by atoms with Gasteiger partial charge in [-0.1, -0.05) is 11.6 Å². The molecule has 0 amide bonds. The second-order valence-electron chi connectivity index (χ2n) is 3.44. The Morgan fingerprint density at radius 2 is 1.86 bits per heavy atom. The third kappa shape index (κ3) is 1.61. The lowest BCUT2D eigenvalue weighted by Crippen LogP contribution is -2.09. The summed E-state index contributed by atoms with van der Waals surface area (Å²) in [5, 5.41) is 0.179. The first-order valence-corrected chi connectivity index (χ1v) is 4.75. The number of benzene rings is 1. The first-order chi connectivity index (χ1) is 6.48. The van der Waals surface area contributed by atoms with Crippen LogP contribution in [-0.2, 0) is 19.0 Å². The van der Waals surface area contributed by atoms with Crippen LogP contribution in [0, 0.1) is 0 Å². The Labute approximate surface area is 84.7 Å². The third-order valence-corrected chi connectivity index (χ3v) is 2.70. The van der Waals surface area contributed by atoms with Crippen LogP contribution in [0.25, 0.3) is 0 Å². The average Bonchev–Trinajstić information content (AvgIpc) is 2.47. The van der Waals surface area contributed by atoms with Crippen molar-refractivity contribution in [2.24, 2.45) is 0 Å². The van der Waals surface area contributed by atoms with E-state index in [-0.39, 0.29) is 5.02 Å². The van der Waals surface area contributed by atoms with Gasteiger partial charge in [0.15, 0.2) is 0 Å². The summed E-state index contributed by atoms with van der Waals surface area (Å²) in [6.07, 6.45) is -2.27. The van der Waals surface area contributed by atoms with E-state index in [0.717, 1.165) is 18.1 Å². The van der Waals surface area contributed by atoms with Gasteiger partial charge in [-0.05, 0) is 42.5 Å². The molecule has 0 fully saturated rings. The highest BCUT2D eigenvalue weighted by atomic mass is 35.5. The first kappa shape index (κ1) is 9.84. The van der Waals surface area contributed by atoms with E-state index in [1.54, 1.807) is 6.07 Å². The summed E-state index contributed by atoms with van der Waals surface area (Å²) >= 11 is 5.63. The fourth-order valence-corrected chi connectivity index (χ4v) is 2.16. The van der Waals surface area contributed by atoms with Gasteiger partial charge >= 0.3 is 6.18 Å². The lowest BCUT2D eigenvalue weighted by molar-refractivity contribution is -0.138. The van der Waals surface area contributed by atoms with Gasteiger partial charge in [-0.2, -0.15) is 13.2 Å². The maximum atomic E-state index is 12.6. The molecule has 4 heteroatoms. The maximum absolute atomic E-state index is 12.6. The van der Waals surface area contributed by atoms with Crippen molar-refractivity contribution in [1.82, 2.24) is 0 Å². The molecule has 0 radical (unpaired) electrons. The van der Waals surface area contributed by atoms with E-state index in [0.29, 0.717) is 18.4 Å². The van der Waals surface area contributed by atoms with Crippen LogP contribution < -0.4 is 0 Å². The summed E-state index contributed by atoms with van der Waals surface area (Å²) in [7, 11) is 0. The van der Waals surface area contributed by atoms with Gasteiger partial charge in [-0.3, -0.25) is 0 Å². The number of rotatable bonds is 0. The predicted molar refractivity (Wildman–Crippen MR) is 48.5 cm³/mol. The standard InChI is InChI=1S/C10H8ClF3/c11-7-4-6-2-1-3-8(6)9(5-7)10(12,13)14/h4-5H,1-3H2. The summed E-state index contributed by atoms with van der Waals surface area (Å²) in [4.78, 5) is 0. The van der Waals surface area contributed by atoms with E-state index < -0.39 is 11.7 Å². The molecule has 0 saturated heterocycles. The summed E-state index contributed by atoms with van der Waals surface area (Å²) in [6.45, 7) is 0. The minimum Gasteiger partial charge on any atom is -0.166 e. The predicted octanol–water partition coefficient (Wildman–Crippen LogP) is 3.85. The van der Waals surface area contributed by atoms with Crippen molar-refractivity contribution in [2.75, 3.05) is 0 Å². The zero-order valence-corrected chi connectivity index (χ0v) is 8.04. The molecule has 0 bridgehead atoms. The smallest absolute Gasteiger partial charge is 0.166 e. The molecule has 0 N–H and O–H groups in total. The number of hydrogen-bond acceptors (Lipinski definition) is 0. The Bertz CT molecular complexity index is 368. The van der Waals surface area contributed by atoms with Crippen molar-refractivity contribution in [3.63, 3.8) is 0 Å². The van der Waals surface area contributed by atoms with Gasteiger partial charge in [0.2, 0.25) is 0 Å². The van der Waals surface area contributed by atoms with Crippen LogP contribution in [0.4, 0.5) is 13.2 Å². The Kier molecular flexibility index (Phi) is 2.22. The number of halogens is 4. The molecule has 0 saturated carbocycles. The second kappa shape index (κ2) is 3.16. The van der Waals surface area contributed by atoms with E-state index in [1.807, 2.05) is 0 Å². The molecular weight excluding hydrogens is 213 g/mol. The highest BCUT2D eigenvalue weighted by Crippen LogP contribution is 2.38. The Balaban J connectivity index is 2.60. The van der Waals surface area contributed by atoms with Crippen molar-refractivity contribution in [1.29, 1.82) is 0 Å². The number of fused-ring (bicyclic) bond motifs is 1. The SMILES string of the molecule is FC(F)(F)c1cc(Cl)cc2c1CCC2. The van der Waals surface area contributed by atoms with Crippen molar-refractivity contribution in [2.45, 2.75) is 25.4 Å². The molecule has 0 heterocycles. The van der Waals surface area contributed by atoms with E-state index in [2.05, 4.69) is 0 Å². The summed E-state index contributed by atoms with van der Waals surface area (Å²) < 4.78 is 37.7. The fourth-order valence-electron chi connectivity index (χ4n) is 1.92. The maximum Gasteiger partial charge on any atom is 0.416 e. The molecule has 2 rings (SSSR count). The Morgan fingerprint density at radius 1 is 1.14 bits per heavy atom. The van der Waals surface area contributed by atoms with Crippen molar-refractivity contribution >= 4 is 11.6 Å². The summed E-state index contributed by atoms with van der Waals surface area (Å²) in [5.41, 5.74) is 0.629. The van der Waals surface area contributed by atoms with Crippen LogP contribution in [0.3, 0.4) is 0 Å². The lowest BCUT2D eigenvalue weighted by atomic mass is 10.0. The monoisotopic (exact) mass is 220 g/mol. The van der Waals surface area contributed by atoms with Gasteiger partial charge in [0.05, 0.1) is 5.56 Å². The highest BCUT2D eigenvalue weighted by molar-refractivity contribution is 6.30. The van der Waals surface area contributed by atoms with Gasteiger partial charge in [0.1, 0.15) is 0 Å². The molecule has 1 aromatic rings. The Morgan fingerprint density at radius 3 is 2.50 bits per heavy atom. The average molecular weight is 221 g/mol.